The fraction of sp³-hybridized carbons (Fsp3) is 0.500. The van der Waals surface area contributed by atoms with Gasteiger partial charge in [-0.25, -0.2) is 13.2 Å². The number of nitrogens with zero attached hydrogens (tertiary/aromatic N) is 1. The van der Waals surface area contributed by atoms with Crippen LogP contribution in [0.3, 0.4) is 0 Å². The molecular formula is C14H20ClF3N2O. The van der Waals surface area contributed by atoms with Gasteiger partial charge in [-0.2, -0.15) is 0 Å². The summed E-state index contributed by atoms with van der Waals surface area (Å²) in [6.07, 6.45) is 0.575. The van der Waals surface area contributed by atoms with Crippen molar-refractivity contribution in [1.82, 2.24) is 4.90 Å². The highest BCUT2D eigenvalue weighted by Crippen LogP contribution is 2.15. The van der Waals surface area contributed by atoms with E-state index in [1.54, 1.807) is 0 Å². The quantitative estimate of drug-likeness (QED) is 0.846. The van der Waals surface area contributed by atoms with E-state index in [1.807, 2.05) is 13.8 Å². The second kappa shape index (κ2) is 8.24. The molecule has 0 saturated carbocycles. The van der Waals surface area contributed by atoms with E-state index in [9.17, 15) is 18.0 Å². The molecule has 0 aliphatic heterocycles. The molecular weight excluding hydrogens is 305 g/mol. The lowest BCUT2D eigenvalue weighted by atomic mass is 10.0. The third-order valence-electron chi connectivity index (χ3n) is 3.23. The Kier molecular flexibility index (Phi) is 7.74. The largest absolute Gasteiger partial charge is 0.342 e. The van der Waals surface area contributed by atoms with Gasteiger partial charge in [0.05, 0.1) is 0 Å². The fourth-order valence-corrected chi connectivity index (χ4v) is 1.68. The predicted molar refractivity (Wildman–Crippen MR) is 78.0 cm³/mol. The van der Waals surface area contributed by atoms with Gasteiger partial charge in [0.2, 0.25) is 0 Å². The minimum absolute atomic E-state index is 0. The first kappa shape index (κ1) is 19.7. The van der Waals surface area contributed by atoms with Crippen molar-refractivity contribution < 1.29 is 18.0 Å². The van der Waals surface area contributed by atoms with Gasteiger partial charge in [-0.3, -0.25) is 4.79 Å². The molecule has 21 heavy (non-hydrogen) atoms. The molecule has 0 aromatic heterocycles. The summed E-state index contributed by atoms with van der Waals surface area (Å²) in [5, 5.41) is 0. The summed E-state index contributed by atoms with van der Waals surface area (Å²) in [5.74, 6) is -4.62. The van der Waals surface area contributed by atoms with Crippen LogP contribution >= 0.6 is 12.4 Å². The van der Waals surface area contributed by atoms with E-state index in [0.717, 1.165) is 0 Å². The fourth-order valence-electron chi connectivity index (χ4n) is 1.68. The van der Waals surface area contributed by atoms with Crippen LogP contribution in [0.4, 0.5) is 13.2 Å². The minimum Gasteiger partial charge on any atom is -0.342 e. The maximum atomic E-state index is 13.1. The Balaban J connectivity index is 0.00000400. The molecule has 0 bridgehead atoms. The molecule has 1 unspecified atom stereocenters. The summed E-state index contributed by atoms with van der Waals surface area (Å²) in [6.45, 7) is 4.30. The van der Waals surface area contributed by atoms with E-state index < -0.39 is 23.4 Å². The number of benzene rings is 1. The lowest BCUT2D eigenvalue weighted by Gasteiger charge is -2.21. The number of halogens is 4. The van der Waals surface area contributed by atoms with E-state index in [-0.39, 0.29) is 29.9 Å². The van der Waals surface area contributed by atoms with Crippen molar-refractivity contribution in [3.63, 3.8) is 0 Å². The van der Waals surface area contributed by atoms with Crippen LogP contribution in [0.5, 0.6) is 0 Å². The molecule has 1 rings (SSSR count). The molecule has 0 spiro atoms. The van der Waals surface area contributed by atoms with Gasteiger partial charge in [-0.05, 0) is 24.5 Å². The molecule has 0 heterocycles. The highest BCUT2D eigenvalue weighted by molar-refractivity contribution is 5.94. The first-order valence-electron chi connectivity index (χ1n) is 6.39. The van der Waals surface area contributed by atoms with Gasteiger partial charge in [0.1, 0.15) is 0 Å². The number of rotatable bonds is 5. The number of hydrogen-bond acceptors (Lipinski definition) is 2. The van der Waals surface area contributed by atoms with Gasteiger partial charge >= 0.3 is 0 Å². The van der Waals surface area contributed by atoms with Crippen molar-refractivity contribution in [3.05, 3.63) is 35.1 Å². The van der Waals surface area contributed by atoms with E-state index in [2.05, 4.69) is 0 Å². The van der Waals surface area contributed by atoms with Crippen LogP contribution in [0.15, 0.2) is 12.1 Å². The Morgan fingerprint density at radius 2 is 1.71 bits per heavy atom. The molecule has 3 nitrogen and oxygen atoms in total. The highest BCUT2D eigenvalue weighted by atomic mass is 35.5. The second-order valence-electron chi connectivity index (χ2n) is 5.18. The van der Waals surface area contributed by atoms with E-state index in [0.29, 0.717) is 25.1 Å². The van der Waals surface area contributed by atoms with Gasteiger partial charge in [0.25, 0.3) is 5.91 Å². The van der Waals surface area contributed by atoms with Crippen LogP contribution < -0.4 is 5.73 Å². The summed E-state index contributed by atoms with van der Waals surface area (Å²) in [4.78, 5) is 13.3. The third-order valence-corrected chi connectivity index (χ3v) is 3.23. The number of amides is 1. The standard InChI is InChI=1S/C14H19F3N2O.ClH/c1-8(2)12(18)4-5-19(3)14(20)9-6-10(15)13(17)11(16)7-9;/h6-8,12H,4-5,18H2,1-3H3;1H. The molecule has 0 aliphatic rings. The smallest absolute Gasteiger partial charge is 0.253 e. The topological polar surface area (TPSA) is 46.3 Å². The Morgan fingerprint density at radius 1 is 1.24 bits per heavy atom. The Labute approximate surface area is 128 Å². The van der Waals surface area contributed by atoms with E-state index in [1.165, 1.54) is 11.9 Å². The third kappa shape index (κ3) is 5.21. The molecule has 1 atom stereocenters. The van der Waals surface area contributed by atoms with Crippen molar-refractivity contribution in [3.8, 4) is 0 Å². The zero-order valence-electron chi connectivity index (χ0n) is 12.2. The molecule has 1 aromatic rings. The molecule has 0 fully saturated rings. The van der Waals surface area contributed by atoms with Gasteiger partial charge in [-0.1, -0.05) is 13.8 Å². The molecule has 120 valence electrons. The molecule has 7 heteroatoms. The lowest BCUT2D eigenvalue weighted by molar-refractivity contribution is 0.0788. The van der Waals surface area contributed by atoms with Crippen LogP contribution in [0.2, 0.25) is 0 Å². The van der Waals surface area contributed by atoms with Gasteiger partial charge in [0.15, 0.2) is 17.5 Å². The highest BCUT2D eigenvalue weighted by Gasteiger charge is 2.18. The summed E-state index contributed by atoms with van der Waals surface area (Å²) in [5.41, 5.74) is 5.64. The number of carbonyl (C=O) groups excluding carboxylic acids is 1. The maximum absolute atomic E-state index is 13.1. The van der Waals surface area contributed by atoms with Crippen molar-refractivity contribution in [2.45, 2.75) is 26.3 Å². The molecule has 1 amide bonds. The molecule has 0 saturated heterocycles. The van der Waals surface area contributed by atoms with Crippen LogP contribution in [0.25, 0.3) is 0 Å². The Hall–Kier alpha value is -1.27. The predicted octanol–water partition coefficient (Wildman–Crippen LogP) is 2.97. The minimum atomic E-state index is -1.58. The van der Waals surface area contributed by atoms with Gasteiger partial charge < -0.3 is 10.6 Å². The molecule has 0 aliphatic carbocycles. The summed E-state index contributed by atoms with van der Waals surface area (Å²) in [6, 6.07) is 1.33. The van der Waals surface area contributed by atoms with Gasteiger partial charge in [0, 0.05) is 25.2 Å². The number of carbonyl (C=O) groups is 1. The first-order chi connectivity index (χ1) is 9.23. The Morgan fingerprint density at radius 3 is 2.14 bits per heavy atom. The average Bonchev–Trinajstić information content (AvgIpc) is 2.39. The van der Waals surface area contributed by atoms with Crippen LogP contribution in [-0.2, 0) is 0 Å². The lowest BCUT2D eigenvalue weighted by Crippen LogP contribution is -2.34. The maximum Gasteiger partial charge on any atom is 0.253 e. The number of nitrogens with two attached hydrogens (primary N) is 1. The molecule has 2 N–H and O–H groups in total. The summed E-state index contributed by atoms with van der Waals surface area (Å²) < 4.78 is 39.0. The van der Waals surface area contributed by atoms with Gasteiger partial charge in [-0.15, -0.1) is 12.4 Å². The van der Waals surface area contributed by atoms with Crippen LogP contribution in [0.1, 0.15) is 30.6 Å². The van der Waals surface area contributed by atoms with Crippen LogP contribution in [0, 0.1) is 23.4 Å². The summed E-state index contributed by atoms with van der Waals surface area (Å²) in [7, 11) is 1.51. The zero-order chi connectivity index (χ0) is 15.4. The number of hydrogen-bond donors (Lipinski definition) is 1. The normalized spacial score (nSPS) is 12.0. The van der Waals surface area contributed by atoms with Crippen molar-refractivity contribution in [2.75, 3.05) is 13.6 Å². The summed E-state index contributed by atoms with van der Waals surface area (Å²) >= 11 is 0. The Bertz CT molecular complexity index is 474. The van der Waals surface area contributed by atoms with Crippen molar-refractivity contribution in [1.29, 1.82) is 0 Å². The monoisotopic (exact) mass is 324 g/mol. The van der Waals surface area contributed by atoms with Crippen molar-refractivity contribution >= 4 is 18.3 Å². The average molecular weight is 325 g/mol. The van der Waals surface area contributed by atoms with E-state index in [4.69, 9.17) is 5.73 Å². The van der Waals surface area contributed by atoms with E-state index >= 15 is 0 Å². The SMILES string of the molecule is CC(C)C(N)CCN(C)C(=O)c1cc(F)c(F)c(F)c1.Cl. The first-order valence-corrected chi connectivity index (χ1v) is 6.39. The second-order valence-corrected chi connectivity index (χ2v) is 5.18. The molecule has 1 aromatic carbocycles. The zero-order valence-corrected chi connectivity index (χ0v) is 13.0. The molecule has 0 radical (unpaired) electrons. The van der Waals surface area contributed by atoms with Crippen molar-refractivity contribution in [2.24, 2.45) is 11.7 Å². The van der Waals surface area contributed by atoms with Crippen LogP contribution in [-0.4, -0.2) is 30.4 Å².